The molecule has 1 atom stereocenters. The van der Waals surface area contributed by atoms with Crippen LogP contribution in [0.3, 0.4) is 0 Å². The number of nitrogens with zero attached hydrogens (tertiary/aromatic N) is 3. The number of hydrogen-bond donors (Lipinski definition) is 1. The lowest BCUT2D eigenvalue weighted by atomic mass is 10.1. The number of benzene rings is 3. The van der Waals surface area contributed by atoms with E-state index < -0.39 is 11.8 Å². The van der Waals surface area contributed by atoms with Crippen LogP contribution >= 0.6 is 11.6 Å². The molecule has 0 spiro atoms. The number of aromatic carboxylic acids is 1. The third-order valence-electron chi connectivity index (χ3n) is 6.61. The van der Waals surface area contributed by atoms with Crippen LogP contribution < -0.4 is 9.47 Å². The van der Waals surface area contributed by atoms with Crippen LogP contribution in [-0.2, 0) is 17.9 Å². The molecule has 1 aliphatic heterocycles. The largest absolute Gasteiger partial charge is 0.478 e. The van der Waals surface area contributed by atoms with Crippen molar-refractivity contribution in [2.24, 2.45) is 0 Å². The van der Waals surface area contributed by atoms with Gasteiger partial charge >= 0.3 is 12.0 Å². The lowest BCUT2D eigenvalue weighted by Gasteiger charge is -2.27. The summed E-state index contributed by atoms with van der Waals surface area (Å²) in [5.74, 6) is -0.526. The Morgan fingerprint density at radius 3 is 2.62 bits per heavy atom. The number of carbonyl (C=O) groups is 1. The predicted octanol–water partition coefficient (Wildman–Crippen LogP) is 6.75. The first-order valence-electron chi connectivity index (χ1n) is 12.6. The number of carboxylic acids is 1. The van der Waals surface area contributed by atoms with Crippen molar-refractivity contribution in [3.05, 3.63) is 101 Å². The number of imidazole rings is 1. The van der Waals surface area contributed by atoms with E-state index in [4.69, 9.17) is 25.8 Å². The average Bonchev–Trinajstić information content (AvgIpc) is 3.26. The minimum Gasteiger partial charge on any atom is -0.478 e. The quantitative estimate of drug-likeness (QED) is 0.213. The molecule has 6 rings (SSSR count). The van der Waals surface area contributed by atoms with E-state index in [1.807, 2.05) is 28.8 Å². The number of aromatic nitrogens is 3. The molecule has 40 heavy (non-hydrogen) atoms. The van der Waals surface area contributed by atoms with Gasteiger partial charge < -0.3 is 19.3 Å². The Balaban J connectivity index is 1.20. The van der Waals surface area contributed by atoms with Gasteiger partial charge in [-0.05, 0) is 67.1 Å². The number of rotatable bonds is 9. The van der Waals surface area contributed by atoms with Gasteiger partial charge in [0.1, 0.15) is 18.2 Å². The van der Waals surface area contributed by atoms with E-state index in [1.54, 1.807) is 42.5 Å². The maximum Gasteiger partial charge on any atom is 0.335 e. The summed E-state index contributed by atoms with van der Waals surface area (Å²) in [4.78, 5) is 20.7. The molecule has 0 saturated carbocycles. The summed E-state index contributed by atoms with van der Waals surface area (Å²) in [5.41, 5.74) is 3.37. The summed E-state index contributed by atoms with van der Waals surface area (Å²) >= 11 is 5.82. The molecule has 1 N–H and O–H groups in total. The fraction of sp³-hybridized carbons (Fsp3) is 0.167. The van der Waals surface area contributed by atoms with Crippen LogP contribution in [0.4, 0.5) is 4.39 Å². The number of pyridine rings is 1. The molecule has 0 bridgehead atoms. The van der Waals surface area contributed by atoms with Crippen molar-refractivity contribution in [3.63, 3.8) is 0 Å². The molecule has 0 unspecified atom stereocenters. The Labute approximate surface area is 233 Å². The maximum absolute atomic E-state index is 14.1. The SMILES string of the molecule is O=C(O)c1ccc2nc(Oc3ccc(-c4cccc(OCc5ccc(Cl)cc5F)n4)cc3)n(C[C@@H]3CCO3)c2c1. The molecule has 0 aliphatic carbocycles. The number of fused-ring (bicyclic) bond motifs is 1. The maximum atomic E-state index is 14.1. The zero-order chi connectivity index (χ0) is 27.6. The molecule has 0 amide bonds. The van der Waals surface area contributed by atoms with Crippen LogP contribution in [0.25, 0.3) is 22.3 Å². The summed E-state index contributed by atoms with van der Waals surface area (Å²) in [6.07, 6.45) is 0.934. The van der Waals surface area contributed by atoms with Crippen LogP contribution in [0.1, 0.15) is 22.3 Å². The summed E-state index contributed by atoms with van der Waals surface area (Å²) in [5, 5.41) is 9.76. The predicted molar refractivity (Wildman–Crippen MR) is 147 cm³/mol. The average molecular weight is 560 g/mol. The zero-order valence-electron chi connectivity index (χ0n) is 21.1. The van der Waals surface area contributed by atoms with Crippen molar-refractivity contribution >= 4 is 28.6 Å². The van der Waals surface area contributed by atoms with E-state index in [1.165, 1.54) is 12.1 Å². The topological polar surface area (TPSA) is 95.7 Å². The number of carboxylic acid groups (broad SMARTS) is 1. The van der Waals surface area contributed by atoms with Gasteiger partial charge in [0.15, 0.2) is 0 Å². The highest BCUT2D eigenvalue weighted by Crippen LogP contribution is 2.30. The van der Waals surface area contributed by atoms with Gasteiger partial charge in [-0.25, -0.2) is 14.2 Å². The van der Waals surface area contributed by atoms with Gasteiger partial charge in [-0.1, -0.05) is 23.7 Å². The molecular formula is C30H23ClFN3O5. The van der Waals surface area contributed by atoms with Gasteiger partial charge in [-0.2, -0.15) is 4.98 Å². The number of ether oxygens (including phenoxy) is 3. The molecule has 2 aromatic heterocycles. The van der Waals surface area contributed by atoms with Crippen LogP contribution in [0.15, 0.2) is 78.9 Å². The van der Waals surface area contributed by atoms with Crippen LogP contribution in [0.2, 0.25) is 5.02 Å². The molecule has 5 aromatic rings. The standard InChI is InChI=1S/C30H23ClFN3O5/c31-21-8-4-20(24(32)15-21)17-39-28-3-1-2-25(33-28)18-5-9-22(10-6-18)40-30-34-26-11-7-19(29(36)37)14-27(26)35(30)16-23-12-13-38-23/h1-11,14-15,23H,12-13,16-17H2,(H,36,37)/t23-/m0/s1. The summed E-state index contributed by atoms with van der Waals surface area (Å²) in [7, 11) is 0. The zero-order valence-corrected chi connectivity index (χ0v) is 21.8. The highest BCUT2D eigenvalue weighted by atomic mass is 35.5. The van der Waals surface area contributed by atoms with E-state index in [2.05, 4.69) is 9.97 Å². The van der Waals surface area contributed by atoms with E-state index in [0.29, 0.717) is 58.1 Å². The van der Waals surface area contributed by atoms with Crippen LogP contribution in [-0.4, -0.2) is 38.3 Å². The first-order valence-corrected chi connectivity index (χ1v) is 13.0. The smallest absolute Gasteiger partial charge is 0.335 e. The summed E-state index contributed by atoms with van der Waals surface area (Å²) < 4.78 is 33.4. The normalized spacial score (nSPS) is 14.6. The lowest BCUT2D eigenvalue weighted by Crippen LogP contribution is -2.31. The fourth-order valence-electron chi connectivity index (χ4n) is 4.37. The van der Waals surface area contributed by atoms with Crippen LogP contribution in [0.5, 0.6) is 17.6 Å². The second-order valence-electron chi connectivity index (χ2n) is 9.31. The Kier molecular flexibility index (Phi) is 7.06. The summed E-state index contributed by atoms with van der Waals surface area (Å²) in [6.45, 7) is 1.23. The van der Waals surface area contributed by atoms with Crippen molar-refractivity contribution in [2.45, 2.75) is 25.7 Å². The monoisotopic (exact) mass is 559 g/mol. The molecule has 202 valence electrons. The van der Waals surface area contributed by atoms with Gasteiger partial charge in [0.2, 0.25) is 5.88 Å². The van der Waals surface area contributed by atoms with Gasteiger partial charge in [-0.3, -0.25) is 4.57 Å². The lowest BCUT2D eigenvalue weighted by molar-refractivity contribution is -0.0593. The number of hydrogen-bond acceptors (Lipinski definition) is 6. The molecule has 1 saturated heterocycles. The van der Waals surface area contributed by atoms with Crippen LogP contribution in [0, 0.1) is 5.82 Å². The molecular weight excluding hydrogens is 537 g/mol. The number of halogens is 2. The minimum atomic E-state index is -1.01. The summed E-state index contributed by atoms with van der Waals surface area (Å²) in [6, 6.07) is 22.3. The molecule has 3 aromatic carbocycles. The van der Waals surface area contributed by atoms with Gasteiger partial charge in [0, 0.05) is 28.8 Å². The van der Waals surface area contributed by atoms with E-state index in [0.717, 1.165) is 12.0 Å². The van der Waals surface area contributed by atoms with Crippen molar-refractivity contribution in [1.29, 1.82) is 0 Å². The molecule has 10 heteroatoms. The Morgan fingerprint density at radius 1 is 1.07 bits per heavy atom. The van der Waals surface area contributed by atoms with Gasteiger partial charge in [0.05, 0.1) is 34.9 Å². The molecule has 8 nitrogen and oxygen atoms in total. The highest BCUT2D eigenvalue weighted by molar-refractivity contribution is 6.30. The fourth-order valence-corrected chi connectivity index (χ4v) is 4.52. The van der Waals surface area contributed by atoms with E-state index in [-0.39, 0.29) is 18.3 Å². The van der Waals surface area contributed by atoms with Crippen molar-refractivity contribution in [2.75, 3.05) is 6.61 Å². The van der Waals surface area contributed by atoms with Crippen molar-refractivity contribution in [1.82, 2.24) is 14.5 Å². The first kappa shape index (κ1) is 25.8. The highest BCUT2D eigenvalue weighted by Gasteiger charge is 2.23. The molecule has 1 fully saturated rings. The third-order valence-corrected chi connectivity index (χ3v) is 6.85. The second kappa shape index (κ2) is 11.0. The molecule has 0 radical (unpaired) electrons. The van der Waals surface area contributed by atoms with Crippen molar-refractivity contribution in [3.8, 4) is 28.9 Å². The Hall–Kier alpha value is -4.47. The molecule has 3 heterocycles. The Morgan fingerprint density at radius 2 is 1.90 bits per heavy atom. The van der Waals surface area contributed by atoms with Crippen molar-refractivity contribution < 1.29 is 28.5 Å². The van der Waals surface area contributed by atoms with Gasteiger partial charge in [0.25, 0.3) is 0 Å². The second-order valence-corrected chi connectivity index (χ2v) is 9.74. The first-order chi connectivity index (χ1) is 19.4. The molecule has 1 aliphatic rings. The van der Waals surface area contributed by atoms with Gasteiger partial charge in [-0.15, -0.1) is 0 Å². The van der Waals surface area contributed by atoms with E-state index in [9.17, 15) is 14.3 Å². The Bertz CT molecular complexity index is 1700. The minimum absolute atomic E-state index is 0.0207. The third kappa shape index (κ3) is 5.47. The van der Waals surface area contributed by atoms with E-state index >= 15 is 0 Å².